The van der Waals surface area contributed by atoms with E-state index in [9.17, 15) is 4.79 Å². The Morgan fingerprint density at radius 3 is 2.00 bits per heavy atom. The minimum absolute atomic E-state index is 0.182. The normalized spacial score (nSPS) is 11.6. The predicted molar refractivity (Wildman–Crippen MR) is 53.1 cm³/mol. The summed E-state index contributed by atoms with van der Waals surface area (Å²) in [4.78, 5) is 10.3. The van der Waals surface area contributed by atoms with Crippen molar-refractivity contribution in [3.63, 3.8) is 0 Å². The first-order valence-electron chi connectivity index (χ1n) is 4.47. The second-order valence-electron chi connectivity index (χ2n) is 2.90. The predicted octanol–water partition coefficient (Wildman–Crippen LogP) is 1.12. The first kappa shape index (κ1) is 13.6. The largest absolute Gasteiger partial charge is 0.500 e. The Morgan fingerprint density at radius 1 is 1.14 bits per heavy atom. The summed E-state index contributed by atoms with van der Waals surface area (Å²) in [5.41, 5.74) is 0. The lowest BCUT2D eigenvalue weighted by Crippen LogP contribution is -2.42. The number of carbonyl (C=O) groups is 1. The zero-order chi connectivity index (χ0) is 11.0. The number of carboxylic acids is 1. The fourth-order valence-corrected chi connectivity index (χ4v) is 2.97. The van der Waals surface area contributed by atoms with Crippen molar-refractivity contribution in [2.75, 3.05) is 21.3 Å². The quantitative estimate of drug-likeness (QED) is 0.492. The second kappa shape index (κ2) is 6.94. The van der Waals surface area contributed by atoms with E-state index < -0.39 is 14.8 Å². The van der Waals surface area contributed by atoms with E-state index in [1.807, 2.05) is 0 Å². The molecular formula is C8H18O5Si. The highest BCUT2D eigenvalue weighted by atomic mass is 28.4. The summed E-state index contributed by atoms with van der Waals surface area (Å²) in [5.74, 6) is -0.774. The van der Waals surface area contributed by atoms with Crippen molar-refractivity contribution < 1.29 is 23.2 Å². The third-order valence-corrected chi connectivity index (χ3v) is 4.89. The van der Waals surface area contributed by atoms with Crippen LogP contribution < -0.4 is 0 Å². The van der Waals surface area contributed by atoms with E-state index in [1.54, 1.807) is 21.3 Å². The van der Waals surface area contributed by atoms with E-state index >= 15 is 0 Å². The average molecular weight is 222 g/mol. The molecule has 0 bridgehead atoms. The van der Waals surface area contributed by atoms with Crippen LogP contribution in [0.2, 0.25) is 6.04 Å². The molecule has 5 nitrogen and oxygen atoms in total. The molecule has 0 aromatic carbocycles. The van der Waals surface area contributed by atoms with Crippen LogP contribution in [-0.4, -0.2) is 41.2 Å². The van der Waals surface area contributed by atoms with Crippen LogP contribution in [0, 0.1) is 0 Å². The Morgan fingerprint density at radius 2 is 1.64 bits per heavy atom. The van der Waals surface area contributed by atoms with Gasteiger partial charge in [-0.2, -0.15) is 0 Å². The molecule has 14 heavy (non-hydrogen) atoms. The summed E-state index contributed by atoms with van der Waals surface area (Å²) in [5, 5.41) is 8.43. The van der Waals surface area contributed by atoms with Crippen LogP contribution in [0.25, 0.3) is 0 Å². The van der Waals surface area contributed by atoms with E-state index in [2.05, 4.69) is 0 Å². The molecule has 0 aliphatic heterocycles. The molecule has 0 aromatic heterocycles. The van der Waals surface area contributed by atoms with Crippen molar-refractivity contribution in [3.8, 4) is 0 Å². The van der Waals surface area contributed by atoms with Gasteiger partial charge in [-0.05, 0) is 12.8 Å². The van der Waals surface area contributed by atoms with Gasteiger partial charge in [-0.15, -0.1) is 0 Å². The summed E-state index contributed by atoms with van der Waals surface area (Å²) in [6.45, 7) is 0. The highest BCUT2D eigenvalue weighted by Crippen LogP contribution is 2.16. The third-order valence-electron chi connectivity index (χ3n) is 2.06. The summed E-state index contributed by atoms with van der Waals surface area (Å²) < 4.78 is 15.6. The van der Waals surface area contributed by atoms with Gasteiger partial charge in [0.1, 0.15) is 0 Å². The lowest BCUT2D eigenvalue weighted by Gasteiger charge is -2.23. The minimum Gasteiger partial charge on any atom is -0.481 e. The molecule has 6 heteroatoms. The molecule has 0 saturated heterocycles. The lowest BCUT2D eigenvalue weighted by molar-refractivity contribution is -0.137. The summed E-state index contributed by atoms with van der Waals surface area (Å²) in [7, 11) is 2.17. The molecule has 1 N–H and O–H groups in total. The Hall–Kier alpha value is -0.433. The van der Waals surface area contributed by atoms with E-state index in [0.717, 1.165) is 6.42 Å². The Bertz CT molecular complexity index is 161. The molecule has 84 valence electrons. The standard InChI is InChI=1S/C8H18O5Si/c1-11-14(12-2,13-3)7-5-4-6-8(9)10/h4-7H2,1-3H3,(H,9,10). The first-order chi connectivity index (χ1) is 6.60. The highest BCUT2D eigenvalue weighted by Gasteiger charge is 2.36. The van der Waals surface area contributed by atoms with Crippen LogP contribution in [-0.2, 0) is 18.1 Å². The van der Waals surface area contributed by atoms with Gasteiger partial charge in [0.05, 0.1) is 0 Å². The van der Waals surface area contributed by atoms with Gasteiger partial charge in [-0.3, -0.25) is 4.79 Å². The number of hydrogen-bond donors (Lipinski definition) is 1. The van der Waals surface area contributed by atoms with Gasteiger partial charge in [0.2, 0.25) is 0 Å². The summed E-state index contributed by atoms with van der Waals surface area (Å²) in [6, 6.07) is 0.657. The van der Waals surface area contributed by atoms with Crippen molar-refractivity contribution in [1.82, 2.24) is 0 Å². The molecule has 0 aliphatic carbocycles. The fraction of sp³-hybridized carbons (Fsp3) is 0.875. The Labute approximate surface area is 85.3 Å². The molecule has 0 fully saturated rings. The number of carboxylic acid groups (broad SMARTS) is 1. The lowest BCUT2D eigenvalue weighted by atomic mass is 10.2. The SMILES string of the molecule is CO[Si](CCCCC(=O)O)(OC)OC. The highest BCUT2D eigenvalue weighted by molar-refractivity contribution is 6.60. The molecule has 0 amide bonds. The topological polar surface area (TPSA) is 65.0 Å². The molecule has 0 radical (unpaired) electrons. The monoisotopic (exact) mass is 222 g/mol. The zero-order valence-corrected chi connectivity index (χ0v) is 9.91. The van der Waals surface area contributed by atoms with Crippen LogP contribution >= 0.6 is 0 Å². The van der Waals surface area contributed by atoms with Gasteiger partial charge in [0, 0.05) is 33.8 Å². The Kier molecular flexibility index (Phi) is 6.72. The smallest absolute Gasteiger partial charge is 0.481 e. The second-order valence-corrected chi connectivity index (χ2v) is 5.99. The van der Waals surface area contributed by atoms with Crippen molar-refractivity contribution >= 4 is 14.8 Å². The van der Waals surface area contributed by atoms with Crippen molar-refractivity contribution in [2.45, 2.75) is 25.3 Å². The average Bonchev–Trinajstić information content (AvgIpc) is 2.19. The first-order valence-corrected chi connectivity index (χ1v) is 6.40. The Balaban J connectivity index is 3.77. The van der Waals surface area contributed by atoms with E-state index in [4.69, 9.17) is 18.4 Å². The maximum atomic E-state index is 10.3. The molecule has 0 spiro atoms. The molecule has 0 rings (SSSR count). The fourth-order valence-electron chi connectivity index (χ4n) is 1.17. The van der Waals surface area contributed by atoms with Gasteiger partial charge in [0.15, 0.2) is 0 Å². The van der Waals surface area contributed by atoms with Crippen molar-refractivity contribution in [2.24, 2.45) is 0 Å². The van der Waals surface area contributed by atoms with Crippen molar-refractivity contribution in [1.29, 1.82) is 0 Å². The molecule has 0 aromatic rings. The molecule has 0 heterocycles. The van der Waals surface area contributed by atoms with Crippen LogP contribution in [0.5, 0.6) is 0 Å². The van der Waals surface area contributed by atoms with Crippen molar-refractivity contribution in [3.05, 3.63) is 0 Å². The molecular weight excluding hydrogens is 204 g/mol. The van der Waals surface area contributed by atoms with Gasteiger partial charge in [-0.1, -0.05) is 0 Å². The van der Waals surface area contributed by atoms with E-state index in [1.165, 1.54) is 0 Å². The molecule has 0 atom stereocenters. The summed E-state index contributed by atoms with van der Waals surface area (Å²) >= 11 is 0. The van der Waals surface area contributed by atoms with Gasteiger partial charge in [0.25, 0.3) is 0 Å². The summed E-state index contributed by atoms with van der Waals surface area (Å²) in [6.07, 6.45) is 1.55. The third kappa shape index (κ3) is 4.71. The number of rotatable bonds is 8. The minimum atomic E-state index is -2.48. The number of hydrogen-bond acceptors (Lipinski definition) is 4. The van der Waals surface area contributed by atoms with Crippen LogP contribution in [0.1, 0.15) is 19.3 Å². The maximum absolute atomic E-state index is 10.3. The number of unbranched alkanes of at least 4 members (excludes halogenated alkanes) is 1. The number of aliphatic carboxylic acids is 1. The van der Waals surface area contributed by atoms with Gasteiger partial charge < -0.3 is 18.4 Å². The van der Waals surface area contributed by atoms with E-state index in [0.29, 0.717) is 12.5 Å². The van der Waals surface area contributed by atoms with Gasteiger partial charge in [-0.25, -0.2) is 0 Å². The van der Waals surface area contributed by atoms with Crippen LogP contribution in [0.15, 0.2) is 0 Å². The van der Waals surface area contributed by atoms with E-state index in [-0.39, 0.29) is 6.42 Å². The molecule has 0 unspecified atom stereocenters. The zero-order valence-electron chi connectivity index (χ0n) is 8.91. The molecule has 0 aliphatic rings. The van der Waals surface area contributed by atoms with Crippen LogP contribution in [0.3, 0.4) is 0 Å². The maximum Gasteiger partial charge on any atom is 0.500 e. The molecule has 0 saturated carbocycles. The van der Waals surface area contributed by atoms with Crippen LogP contribution in [0.4, 0.5) is 0 Å². The van der Waals surface area contributed by atoms with Gasteiger partial charge >= 0.3 is 14.8 Å².